The molecule has 2 aromatic carbocycles. The van der Waals surface area contributed by atoms with Crippen molar-refractivity contribution in [2.24, 2.45) is 0 Å². The molecule has 0 fully saturated rings. The number of rotatable bonds is 13. The van der Waals surface area contributed by atoms with Gasteiger partial charge in [-0.1, -0.05) is 61.4 Å². The summed E-state index contributed by atoms with van der Waals surface area (Å²) in [4.78, 5) is 27.9. The molecular formula is C27H39N3O4S. The van der Waals surface area contributed by atoms with Crippen molar-refractivity contribution in [3.05, 3.63) is 65.2 Å². The molecule has 2 amide bonds. The fourth-order valence-corrected chi connectivity index (χ4v) is 4.97. The smallest absolute Gasteiger partial charge is 0.242 e. The lowest BCUT2D eigenvalue weighted by Gasteiger charge is -2.31. The summed E-state index contributed by atoms with van der Waals surface area (Å²) in [6.07, 6.45) is 2.96. The quantitative estimate of drug-likeness (QED) is 0.446. The summed E-state index contributed by atoms with van der Waals surface area (Å²) < 4.78 is 26.2. The van der Waals surface area contributed by atoms with Gasteiger partial charge in [-0.15, -0.1) is 0 Å². The van der Waals surface area contributed by atoms with Gasteiger partial charge in [0.05, 0.1) is 11.9 Å². The number of sulfonamides is 1. The molecule has 0 radical (unpaired) electrons. The number of hydrogen-bond donors (Lipinski definition) is 1. The first-order valence-corrected chi connectivity index (χ1v) is 14.1. The summed E-state index contributed by atoms with van der Waals surface area (Å²) in [5.74, 6) is -0.324. The van der Waals surface area contributed by atoms with Crippen LogP contribution in [0.5, 0.6) is 0 Å². The van der Waals surface area contributed by atoms with E-state index < -0.39 is 16.1 Å². The maximum Gasteiger partial charge on any atom is 0.242 e. The Balaban J connectivity index is 2.19. The number of nitrogens with zero attached hydrogens (tertiary/aromatic N) is 2. The highest BCUT2D eigenvalue weighted by atomic mass is 32.2. The molecule has 0 heterocycles. The predicted molar refractivity (Wildman–Crippen MR) is 142 cm³/mol. The van der Waals surface area contributed by atoms with Gasteiger partial charge in [-0.25, -0.2) is 8.42 Å². The highest BCUT2D eigenvalue weighted by Crippen LogP contribution is 2.20. The molecule has 0 saturated carbocycles. The van der Waals surface area contributed by atoms with Crippen molar-refractivity contribution in [3.8, 4) is 0 Å². The monoisotopic (exact) mass is 501 g/mol. The molecule has 0 aliphatic carbocycles. The number of nitrogens with one attached hydrogen (secondary N) is 1. The Hall–Kier alpha value is -2.87. The first kappa shape index (κ1) is 28.4. The molecule has 1 atom stereocenters. The second kappa shape index (κ2) is 13.3. The first-order valence-electron chi connectivity index (χ1n) is 12.2. The van der Waals surface area contributed by atoms with Crippen LogP contribution in [0.1, 0.15) is 56.2 Å². The van der Waals surface area contributed by atoms with Gasteiger partial charge >= 0.3 is 0 Å². The van der Waals surface area contributed by atoms with Gasteiger partial charge in [-0.2, -0.15) is 0 Å². The Kier molecular flexibility index (Phi) is 10.8. The zero-order valence-electron chi connectivity index (χ0n) is 21.6. The van der Waals surface area contributed by atoms with E-state index in [4.69, 9.17) is 0 Å². The Labute approximate surface area is 210 Å². The van der Waals surface area contributed by atoms with E-state index in [1.54, 1.807) is 17.0 Å². The Morgan fingerprint density at radius 1 is 1.00 bits per heavy atom. The van der Waals surface area contributed by atoms with E-state index in [2.05, 4.69) is 5.32 Å². The molecule has 0 bridgehead atoms. The molecule has 2 rings (SSSR count). The van der Waals surface area contributed by atoms with E-state index >= 15 is 0 Å². The second-order valence-corrected chi connectivity index (χ2v) is 10.9. The van der Waals surface area contributed by atoms with Gasteiger partial charge in [0.25, 0.3) is 0 Å². The number of carbonyl (C=O) groups is 2. The van der Waals surface area contributed by atoms with E-state index in [0.29, 0.717) is 31.6 Å². The largest absolute Gasteiger partial charge is 0.354 e. The van der Waals surface area contributed by atoms with Crippen LogP contribution in [0, 0.1) is 13.8 Å². The summed E-state index contributed by atoms with van der Waals surface area (Å²) in [5, 5.41) is 2.92. The van der Waals surface area contributed by atoms with E-state index in [0.717, 1.165) is 23.1 Å². The van der Waals surface area contributed by atoms with E-state index in [1.807, 2.05) is 64.1 Å². The molecule has 7 nitrogen and oxygen atoms in total. The zero-order chi connectivity index (χ0) is 26.0. The van der Waals surface area contributed by atoms with Crippen molar-refractivity contribution < 1.29 is 18.0 Å². The molecule has 0 spiro atoms. The third kappa shape index (κ3) is 8.69. The van der Waals surface area contributed by atoms with Crippen molar-refractivity contribution in [1.29, 1.82) is 0 Å². The molecule has 0 aliphatic heterocycles. The van der Waals surface area contributed by atoms with Crippen LogP contribution in [0.25, 0.3) is 0 Å². The highest BCUT2D eigenvalue weighted by molar-refractivity contribution is 7.92. The van der Waals surface area contributed by atoms with Crippen LogP contribution in [0.3, 0.4) is 0 Å². The summed E-state index contributed by atoms with van der Waals surface area (Å²) in [7, 11) is -3.50. The van der Waals surface area contributed by atoms with E-state index in [9.17, 15) is 18.0 Å². The topological polar surface area (TPSA) is 86.8 Å². The van der Waals surface area contributed by atoms with Gasteiger partial charge in [0, 0.05) is 26.1 Å². The molecule has 0 aliphatic rings. The fourth-order valence-electron chi connectivity index (χ4n) is 4.01. The summed E-state index contributed by atoms with van der Waals surface area (Å²) in [6, 6.07) is 14.6. The van der Waals surface area contributed by atoms with Crippen molar-refractivity contribution in [2.75, 3.05) is 23.7 Å². The van der Waals surface area contributed by atoms with Crippen LogP contribution in [-0.4, -0.2) is 50.5 Å². The van der Waals surface area contributed by atoms with Crippen molar-refractivity contribution in [1.82, 2.24) is 10.2 Å². The van der Waals surface area contributed by atoms with Crippen LogP contribution < -0.4 is 9.62 Å². The molecule has 1 N–H and O–H groups in total. The lowest BCUT2D eigenvalue weighted by atomic mass is 10.1. The molecule has 2 aromatic rings. The van der Waals surface area contributed by atoms with Crippen molar-refractivity contribution in [2.45, 2.75) is 66.0 Å². The van der Waals surface area contributed by atoms with E-state index in [-0.39, 0.29) is 24.8 Å². The summed E-state index contributed by atoms with van der Waals surface area (Å²) in [5.41, 5.74) is 3.65. The molecule has 192 valence electrons. The average molecular weight is 502 g/mol. The molecule has 35 heavy (non-hydrogen) atoms. The molecule has 0 aromatic heterocycles. The van der Waals surface area contributed by atoms with Crippen molar-refractivity contribution in [3.63, 3.8) is 0 Å². The third-order valence-electron chi connectivity index (χ3n) is 5.84. The minimum atomic E-state index is -3.50. The standard InChI is InChI=1S/C27H39N3O4S/c1-6-17-28-27(32)25(7-2)29(20-23-11-8-10-22(4)19-23)26(31)12-9-18-30(35(5,33)34)24-15-13-21(3)14-16-24/h8,10-11,13-16,19,25H,6-7,9,12,17-18,20H2,1-5H3,(H,28,32)/t25-/m0/s1. The summed E-state index contributed by atoms with van der Waals surface area (Å²) >= 11 is 0. The lowest BCUT2D eigenvalue weighted by Crippen LogP contribution is -2.49. The Bertz CT molecular complexity index is 1080. The van der Waals surface area contributed by atoms with Gasteiger partial charge in [-0.05, 0) is 50.8 Å². The predicted octanol–water partition coefficient (Wildman–Crippen LogP) is 4.18. The van der Waals surface area contributed by atoms with Crippen LogP contribution in [0.4, 0.5) is 5.69 Å². The minimum absolute atomic E-state index is 0.140. The van der Waals surface area contributed by atoms with E-state index in [1.165, 1.54) is 10.6 Å². The molecular weight excluding hydrogens is 462 g/mol. The maximum absolute atomic E-state index is 13.4. The second-order valence-electron chi connectivity index (χ2n) is 9.00. The van der Waals surface area contributed by atoms with Gasteiger partial charge in [0.15, 0.2) is 0 Å². The van der Waals surface area contributed by atoms with Crippen LogP contribution >= 0.6 is 0 Å². The fraction of sp³-hybridized carbons (Fsp3) is 0.481. The third-order valence-corrected chi connectivity index (χ3v) is 7.04. The maximum atomic E-state index is 13.4. The number of benzene rings is 2. The van der Waals surface area contributed by atoms with Crippen LogP contribution in [0.2, 0.25) is 0 Å². The molecule has 8 heteroatoms. The number of hydrogen-bond acceptors (Lipinski definition) is 4. The van der Waals surface area contributed by atoms with Crippen LogP contribution in [0.15, 0.2) is 48.5 Å². The molecule has 0 unspecified atom stereocenters. The van der Waals surface area contributed by atoms with Gasteiger partial charge < -0.3 is 10.2 Å². The van der Waals surface area contributed by atoms with Crippen LogP contribution in [-0.2, 0) is 26.2 Å². The number of aryl methyl sites for hydroxylation is 2. The normalized spacial score (nSPS) is 12.1. The lowest BCUT2D eigenvalue weighted by molar-refractivity contribution is -0.141. The van der Waals surface area contributed by atoms with Gasteiger partial charge in [0.1, 0.15) is 6.04 Å². The SMILES string of the molecule is CCCNC(=O)[C@H](CC)N(Cc1cccc(C)c1)C(=O)CCCN(c1ccc(C)cc1)S(C)(=O)=O. The van der Waals surface area contributed by atoms with Gasteiger partial charge in [-0.3, -0.25) is 13.9 Å². The number of carbonyl (C=O) groups excluding carboxylic acids is 2. The van der Waals surface area contributed by atoms with Crippen molar-refractivity contribution >= 4 is 27.5 Å². The van der Waals surface area contributed by atoms with Gasteiger partial charge in [0.2, 0.25) is 21.8 Å². The highest BCUT2D eigenvalue weighted by Gasteiger charge is 2.28. The summed E-state index contributed by atoms with van der Waals surface area (Å²) in [6.45, 7) is 8.88. The zero-order valence-corrected chi connectivity index (χ0v) is 22.4. The number of anilines is 1. The molecule has 0 saturated heterocycles. The average Bonchev–Trinajstić information content (AvgIpc) is 2.80. The first-order chi connectivity index (χ1) is 16.6. The Morgan fingerprint density at radius 3 is 2.26 bits per heavy atom. The Morgan fingerprint density at radius 2 is 1.69 bits per heavy atom. The minimum Gasteiger partial charge on any atom is -0.354 e. The number of amides is 2.